The molecule has 2 nitrogen and oxygen atoms in total. The molecule has 1 aromatic heterocycles. The molecule has 0 atom stereocenters. The Balaban J connectivity index is 3.02. The maximum Gasteiger partial charge on any atom is 0.129 e. The maximum absolute atomic E-state index is 4.35. The van der Waals surface area contributed by atoms with E-state index in [0.29, 0.717) is 6.04 Å². The molecule has 0 aliphatic heterocycles. The van der Waals surface area contributed by atoms with E-state index >= 15 is 0 Å². The molecule has 3 heteroatoms. The van der Waals surface area contributed by atoms with E-state index in [1.54, 1.807) is 0 Å². The largest absolute Gasteiger partial charge is 0.266 e. The second kappa shape index (κ2) is 4.24. The van der Waals surface area contributed by atoms with E-state index in [4.69, 9.17) is 0 Å². The van der Waals surface area contributed by atoms with Crippen LogP contribution < -0.4 is 0 Å². The summed E-state index contributed by atoms with van der Waals surface area (Å²) >= 11 is 0. The van der Waals surface area contributed by atoms with Gasteiger partial charge in [-0.15, -0.1) is 5.54 Å². The molecular weight excluding hydrogens is 200 g/mol. The summed E-state index contributed by atoms with van der Waals surface area (Å²) in [7, 11) is -1.28. The molecule has 0 aliphatic carbocycles. The first-order valence-electron chi connectivity index (χ1n) is 5.38. The Morgan fingerprint density at radius 2 is 1.93 bits per heavy atom. The molecule has 0 saturated carbocycles. The summed E-state index contributed by atoms with van der Waals surface area (Å²) in [5.74, 6) is 3.26. The number of aromatic nitrogens is 2. The molecule has 0 fully saturated rings. The van der Waals surface area contributed by atoms with E-state index in [0.717, 1.165) is 5.56 Å². The van der Waals surface area contributed by atoms with Crippen LogP contribution in [0.3, 0.4) is 0 Å². The molecule has 15 heavy (non-hydrogen) atoms. The van der Waals surface area contributed by atoms with Gasteiger partial charge in [-0.25, -0.2) is 0 Å². The zero-order valence-electron chi connectivity index (χ0n) is 10.5. The third-order valence-corrected chi connectivity index (χ3v) is 2.98. The molecule has 0 amide bonds. The highest BCUT2D eigenvalue weighted by Crippen LogP contribution is 2.11. The molecule has 82 valence electrons. The highest BCUT2D eigenvalue weighted by Gasteiger charge is 2.10. The van der Waals surface area contributed by atoms with Crippen molar-refractivity contribution in [3.05, 3.63) is 17.5 Å². The molecule has 0 radical (unpaired) electrons. The van der Waals surface area contributed by atoms with Gasteiger partial charge in [-0.2, -0.15) is 5.10 Å². The molecule has 1 heterocycles. The lowest BCUT2D eigenvalue weighted by atomic mass is 10.2. The molecule has 1 aromatic rings. The Bertz CT molecular complexity index is 399. The van der Waals surface area contributed by atoms with Crippen molar-refractivity contribution >= 4 is 8.07 Å². The number of hydrogen-bond acceptors (Lipinski definition) is 1. The Morgan fingerprint density at radius 1 is 1.33 bits per heavy atom. The Labute approximate surface area is 93.7 Å². The smallest absolute Gasteiger partial charge is 0.129 e. The lowest BCUT2D eigenvalue weighted by molar-refractivity contribution is 0.519. The zero-order valence-corrected chi connectivity index (χ0v) is 11.5. The first-order valence-corrected chi connectivity index (χ1v) is 8.88. The lowest BCUT2D eigenvalue weighted by Crippen LogP contribution is -2.16. The molecule has 0 aromatic carbocycles. The van der Waals surface area contributed by atoms with Gasteiger partial charge in [0, 0.05) is 6.04 Å². The summed E-state index contributed by atoms with van der Waals surface area (Å²) in [5, 5.41) is 4.35. The average Bonchev–Trinajstić information content (AvgIpc) is 2.42. The fraction of sp³-hybridized carbons (Fsp3) is 0.583. The zero-order chi connectivity index (χ0) is 11.6. The summed E-state index contributed by atoms with van der Waals surface area (Å²) in [6, 6.07) is 0.410. The van der Waals surface area contributed by atoms with Crippen molar-refractivity contribution < 1.29 is 0 Å². The third-order valence-electron chi connectivity index (χ3n) is 2.11. The average molecular weight is 220 g/mol. The van der Waals surface area contributed by atoms with E-state index in [-0.39, 0.29) is 0 Å². The summed E-state index contributed by atoms with van der Waals surface area (Å²) in [6.45, 7) is 13.1. The second-order valence-corrected chi connectivity index (χ2v) is 9.93. The van der Waals surface area contributed by atoms with Crippen LogP contribution in [-0.4, -0.2) is 17.9 Å². The lowest BCUT2D eigenvalue weighted by Gasteiger charge is -2.07. The first kappa shape index (κ1) is 12.1. The van der Waals surface area contributed by atoms with Crippen LogP contribution in [0.15, 0.2) is 6.20 Å². The normalized spacial score (nSPS) is 11.4. The highest BCUT2D eigenvalue weighted by atomic mass is 28.3. The Hall–Kier alpha value is -1.01. The van der Waals surface area contributed by atoms with Crippen LogP contribution in [0.2, 0.25) is 19.6 Å². The van der Waals surface area contributed by atoms with Gasteiger partial charge in [-0.05, 0) is 20.8 Å². The van der Waals surface area contributed by atoms with Crippen molar-refractivity contribution in [2.24, 2.45) is 0 Å². The molecule has 0 aliphatic rings. The standard InChI is InChI=1S/C12H20N2Si/c1-10(2)14-11(3)12(9-13-14)7-8-15(4,5)6/h9-10H,1-6H3. The Morgan fingerprint density at radius 3 is 2.33 bits per heavy atom. The van der Waals surface area contributed by atoms with Gasteiger partial charge in [-0.1, -0.05) is 25.6 Å². The van der Waals surface area contributed by atoms with Crippen LogP contribution in [0.1, 0.15) is 31.1 Å². The van der Waals surface area contributed by atoms with Gasteiger partial charge in [-0.3, -0.25) is 4.68 Å². The van der Waals surface area contributed by atoms with Crippen molar-refractivity contribution in [3.8, 4) is 11.5 Å². The van der Waals surface area contributed by atoms with Gasteiger partial charge in [0.25, 0.3) is 0 Å². The summed E-state index contributed by atoms with van der Waals surface area (Å²) < 4.78 is 2.02. The van der Waals surface area contributed by atoms with Crippen LogP contribution in [-0.2, 0) is 0 Å². The predicted octanol–water partition coefficient (Wildman–Crippen LogP) is 3.00. The van der Waals surface area contributed by atoms with Gasteiger partial charge in [0.2, 0.25) is 0 Å². The van der Waals surface area contributed by atoms with Crippen molar-refractivity contribution in [1.82, 2.24) is 9.78 Å². The molecule has 0 N–H and O–H groups in total. The van der Waals surface area contributed by atoms with Crippen molar-refractivity contribution in [2.75, 3.05) is 0 Å². The summed E-state index contributed by atoms with van der Waals surface area (Å²) in [6.07, 6.45) is 1.88. The van der Waals surface area contributed by atoms with Crippen LogP contribution in [0.4, 0.5) is 0 Å². The molecule has 0 spiro atoms. The number of rotatable bonds is 1. The second-order valence-electron chi connectivity index (χ2n) is 5.18. The molecule has 1 rings (SSSR count). The minimum absolute atomic E-state index is 0.410. The number of nitrogens with zero attached hydrogens (tertiary/aromatic N) is 2. The summed E-state index contributed by atoms with van der Waals surface area (Å²) in [5.41, 5.74) is 5.62. The Kier molecular flexibility index (Phi) is 3.41. The van der Waals surface area contributed by atoms with Crippen LogP contribution in [0.25, 0.3) is 0 Å². The van der Waals surface area contributed by atoms with Crippen molar-refractivity contribution in [2.45, 2.75) is 46.5 Å². The molecule has 0 unspecified atom stereocenters. The van der Waals surface area contributed by atoms with Crippen molar-refractivity contribution in [3.63, 3.8) is 0 Å². The monoisotopic (exact) mass is 220 g/mol. The van der Waals surface area contributed by atoms with E-state index in [2.05, 4.69) is 57.0 Å². The third kappa shape index (κ3) is 3.24. The maximum atomic E-state index is 4.35. The van der Waals surface area contributed by atoms with Crippen molar-refractivity contribution in [1.29, 1.82) is 0 Å². The van der Waals surface area contributed by atoms with Gasteiger partial charge in [0.05, 0.1) is 17.5 Å². The van der Waals surface area contributed by atoms with Crippen LogP contribution in [0.5, 0.6) is 0 Å². The molecule has 0 saturated heterocycles. The minimum atomic E-state index is -1.28. The van der Waals surface area contributed by atoms with Gasteiger partial charge >= 0.3 is 0 Å². The highest BCUT2D eigenvalue weighted by molar-refractivity contribution is 6.83. The molecule has 0 bridgehead atoms. The van der Waals surface area contributed by atoms with Crippen LogP contribution >= 0.6 is 0 Å². The van der Waals surface area contributed by atoms with Gasteiger partial charge < -0.3 is 0 Å². The fourth-order valence-electron chi connectivity index (χ4n) is 1.32. The number of hydrogen-bond donors (Lipinski definition) is 0. The van der Waals surface area contributed by atoms with Gasteiger partial charge in [0.1, 0.15) is 8.07 Å². The van der Waals surface area contributed by atoms with E-state index in [1.165, 1.54) is 5.69 Å². The quantitative estimate of drug-likeness (QED) is 0.525. The van der Waals surface area contributed by atoms with E-state index < -0.39 is 8.07 Å². The van der Waals surface area contributed by atoms with Crippen LogP contribution in [0, 0.1) is 18.4 Å². The summed E-state index contributed by atoms with van der Waals surface area (Å²) in [4.78, 5) is 0. The van der Waals surface area contributed by atoms with Gasteiger partial charge in [0.15, 0.2) is 0 Å². The van der Waals surface area contributed by atoms with E-state index in [1.807, 2.05) is 10.9 Å². The first-order chi connectivity index (χ1) is 6.81. The predicted molar refractivity (Wildman–Crippen MR) is 67.6 cm³/mol. The van der Waals surface area contributed by atoms with E-state index in [9.17, 15) is 0 Å². The topological polar surface area (TPSA) is 17.8 Å². The fourth-order valence-corrected chi connectivity index (χ4v) is 1.83. The molecular formula is C12H20N2Si. The minimum Gasteiger partial charge on any atom is -0.266 e. The SMILES string of the molecule is Cc1c(C#C[Si](C)(C)C)cnn1C(C)C.